The molecule has 30 heavy (non-hydrogen) atoms. The van der Waals surface area contributed by atoms with E-state index in [1.807, 2.05) is 6.07 Å². The Labute approximate surface area is 178 Å². The Balaban J connectivity index is 2.09. The van der Waals surface area contributed by atoms with Crippen LogP contribution >= 0.6 is 12.2 Å². The fraction of sp³-hybridized carbons (Fsp3) is 0.250. The van der Waals surface area contributed by atoms with Gasteiger partial charge in [-0.05, 0) is 42.5 Å². The molecule has 0 saturated heterocycles. The third-order valence-corrected chi connectivity index (χ3v) is 4.59. The molecule has 10 heteroatoms. The van der Waals surface area contributed by atoms with Crippen LogP contribution in [0.4, 0.5) is 0 Å². The molecule has 1 aromatic heterocycles. The van der Waals surface area contributed by atoms with Gasteiger partial charge < -0.3 is 23.7 Å². The fourth-order valence-electron chi connectivity index (χ4n) is 2.86. The second kappa shape index (κ2) is 9.31. The monoisotopic (exact) mass is 430 g/mol. The SMILES string of the molecule is COc1ccc(OC)c(/C=N/n2c(-c3cc(OC)c(OC)c(OC)c3)n[nH]c2=S)c1. The Hall–Kier alpha value is -3.53. The third-order valence-electron chi connectivity index (χ3n) is 4.32. The van der Waals surface area contributed by atoms with E-state index in [1.165, 1.54) is 4.68 Å². The van der Waals surface area contributed by atoms with E-state index in [9.17, 15) is 0 Å². The molecule has 0 radical (unpaired) electrons. The molecule has 1 heterocycles. The summed E-state index contributed by atoms with van der Waals surface area (Å²) in [5, 5.41) is 11.6. The molecule has 9 nitrogen and oxygen atoms in total. The van der Waals surface area contributed by atoms with E-state index in [-0.39, 0.29) is 0 Å². The molecule has 3 aromatic rings. The number of nitrogens with one attached hydrogen (secondary N) is 1. The van der Waals surface area contributed by atoms with E-state index in [4.69, 9.17) is 35.9 Å². The van der Waals surface area contributed by atoms with E-state index < -0.39 is 0 Å². The zero-order valence-corrected chi connectivity index (χ0v) is 18.1. The Morgan fingerprint density at radius 1 is 0.900 bits per heavy atom. The van der Waals surface area contributed by atoms with Crippen LogP contribution in [0.1, 0.15) is 5.56 Å². The summed E-state index contributed by atoms with van der Waals surface area (Å²) in [7, 11) is 7.82. The maximum absolute atomic E-state index is 5.43. The number of rotatable bonds is 8. The van der Waals surface area contributed by atoms with Gasteiger partial charge in [-0.25, -0.2) is 5.10 Å². The lowest BCUT2D eigenvalue weighted by atomic mass is 10.1. The topological polar surface area (TPSA) is 92.1 Å². The number of benzene rings is 2. The smallest absolute Gasteiger partial charge is 0.216 e. The van der Waals surface area contributed by atoms with Crippen LogP contribution in [-0.4, -0.2) is 56.6 Å². The molecule has 0 aliphatic rings. The summed E-state index contributed by atoms with van der Waals surface area (Å²) < 4.78 is 28.7. The first-order chi connectivity index (χ1) is 14.6. The van der Waals surface area contributed by atoms with E-state index >= 15 is 0 Å². The molecule has 0 atom stereocenters. The first kappa shape index (κ1) is 21.2. The van der Waals surface area contributed by atoms with Gasteiger partial charge in [0.15, 0.2) is 17.3 Å². The third kappa shape index (κ3) is 4.08. The van der Waals surface area contributed by atoms with E-state index in [2.05, 4.69) is 15.3 Å². The molecule has 2 aromatic carbocycles. The highest BCUT2D eigenvalue weighted by atomic mass is 32.1. The fourth-order valence-corrected chi connectivity index (χ4v) is 3.04. The number of ether oxygens (including phenoxy) is 5. The standard InChI is InChI=1S/C20H22N4O5S/c1-25-14-6-7-15(26-2)13(8-14)11-21-24-19(22-23-20(24)30)12-9-16(27-3)18(29-5)17(10-12)28-4/h6-11H,1-5H3,(H,23,30)/b21-11+. The van der Waals surface area contributed by atoms with Crippen LogP contribution in [0.3, 0.4) is 0 Å². The number of aromatic nitrogens is 3. The molecule has 3 rings (SSSR count). The van der Waals surface area contributed by atoms with Gasteiger partial charge in [-0.15, -0.1) is 0 Å². The number of hydrogen-bond donors (Lipinski definition) is 1. The van der Waals surface area contributed by atoms with Crippen molar-refractivity contribution in [3.63, 3.8) is 0 Å². The van der Waals surface area contributed by atoms with E-state index in [1.54, 1.807) is 66.0 Å². The van der Waals surface area contributed by atoms with Crippen molar-refractivity contribution in [3.8, 4) is 40.1 Å². The maximum atomic E-state index is 5.43. The normalized spacial score (nSPS) is 10.8. The molecule has 158 valence electrons. The molecule has 1 N–H and O–H groups in total. The average Bonchev–Trinajstić information content (AvgIpc) is 3.16. The van der Waals surface area contributed by atoms with Crippen LogP contribution in [0.5, 0.6) is 28.7 Å². The highest BCUT2D eigenvalue weighted by molar-refractivity contribution is 7.71. The molecule has 0 aliphatic carbocycles. The lowest BCUT2D eigenvalue weighted by molar-refractivity contribution is 0.324. The number of H-pyrrole nitrogens is 1. The second-order valence-electron chi connectivity index (χ2n) is 5.93. The Kier molecular flexibility index (Phi) is 6.58. The summed E-state index contributed by atoms with van der Waals surface area (Å²) in [6.07, 6.45) is 1.62. The minimum atomic E-state index is 0.317. The molecule has 0 fully saturated rings. The van der Waals surface area contributed by atoms with Gasteiger partial charge in [0.2, 0.25) is 10.5 Å². The van der Waals surface area contributed by atoms with Crippen molar-refractivity contribution in [1.82, 2.24) is 14.9 Å². The Morgan fingerprint density at radius 3 is 2.13 bits per heavy atom. The van der Waals surface area contributed by atoms with Crippen LogP contribution in [0.2, 0.25) is 0 Å². The second-order valence-corrected chi connectivity index (χ2v) is 6.32. The number of hydrogen-bond acceptors (Lipinski definition) is 8. The molecule has 0 unspecified atom stereocenters. The predicted octanol–water partition coefficient (Wildman–Crippen LogP) is 3.53. The molecule has 0 aliphatic heterocycles. The van der Waals surface area contributed by atoms with Crippen LogP contribution in [0.25, 0.3) is 11.4 Å². The van der Waals surface area contributed by atoms with Gasteiger partial charge in [0.1, 0.15) is 11.5 Å². The van der Waals surface area contributed by atoms with Crippen molar-refractivity contribution < 1.29 is 23.7 Å². The van der Waals surface area contributed by atoms with Gasteiger partial charge in [0.25, 0.3) is 0 Å². The maximum Gasteiger partial charge on any atom is 0.216 e. The number of nitrogens with zero attached hydrogens (tertiary/aromatic N) is 3. The summed E-state index contributed by atoms with van der Waals surface area (Å²) in [4.78, 5) is 0. The van der Waals surface area contributed by atoms with Gasteiger partial charge in [0, 0.05) is 11.1 Å². The highest BCUT2D eigenvalue weighted by Gasteiger charge is 2.17. The van der Waals surface area contributed by atoms with Crippen LogP contribution in [-0.2, 0) is 0 Å². The molecular weight excluding hydrogens is 408 g/mol. The number of methoxy groups -OCH3 is 5. The highest BCUT2D eigenvalue weighted by Crippen LogP contribution is 2.40. The van der Waals surface area contributed by atoms with Gasteiger partial charge in [0.05, 0.1) is 41.8 Å². The van der Waals surface area contributed by atoms with E-state index in [0.717, 1.165) is 5.56 Å². The van der Waals surface area contributed by atoms with Gasteiger partial charge in [-0.3, -0.25) is 0 Å². The summed E-state index contributed by atoms with van der Waals surface area (Å²) in [6, 6.07) is 8.95. The Bertz CT molecular complexity index is 1100. The van der Waals surface area contributed by atoms with Crippen molar-refractivity contribution in [3.05, 3.63) is 40.7 Å². The minimum absolute atomic E-state index is 0.317. The zero-order chi connectivity index (χ0) is 21.7. The predicted molar refractivity (Wildman–Crippen MR) is 115 cm³/mol. The number of aromatic amines is 1. The van der Waals surface area contributed by atoms with Crippen molar-refractivity contribution in [1.29, 1.82) is 0 Å². The average molecular weight is 430 g/mol. The molecule has 0 bridgehead atoms. The summed E-state index contributed by atoms with van der Waals surface area (Å²) >= 11 is 5.36. The van der Waals surface area contributed by atoms with Crippen molar-refractivity contribution in [2.24, 2.45) is 5.10 Å². The van der Waals surface area contributed by atoms with Gasteiger partial charge in [-0.1, -0.05) is 0 Å². The first-order valence-electron chi connectivity index (χ1n) is 8.80. The largest absolute Gasteiger partial charge is 0.497 e. The minimum Gasteiger partial charge on any atom is -0.497 e. The quantitative estimate of drug-likeness (QED) is 0.432. The van der Waals surface area contributed by atoms with Crippen LogP contribution in [0.15, 0.2) is 35.4 Å². The van der Waals surface area contributed by atoms with Crippen LogP contribution < -0.4 is 23.7 Å². The molecular formula is C20H22N4O5S. The first-order valence-corrected chi connectivity index (χ1v) is 9.21. The summed E-state index contributed by atoms with van der Waals surface area (Å²) in [6.45, 7) is 0. The van der Waals surface area contributed by atoms with Crippen LogP contribution in [0, 0.1) is 4.77 Å². The lowest BCUT2D eigenvalue weighted by Crippen LogP contribution is -1.99. The lowest BCUT2D eigenvalue weighted by Gasteiger charge is -2.13. The zero-order valence-electron chi connectivity index (χ0n) is 17.3. The van der Waals surface area contributed by atoms with E-state index in [0.29, 0.717) is 44.9 Å². The molecule has 0 amide bonds. The molecule has 0 spiro atoms. The summed E-state index contributed by atoms with van der Waals surface area (Å²) in [5.41, 5.74) is 1.39. The summed E-state index contributed by atoms with van der Waals surface area (Å²) in [5.74, 6) is 3.25. The van der Waals surface area contributed by atoms with Gasteiger partial charge in [-0.2, -0.15) is 14.9 Å². The van der Waals surface area contributed by atoms with Gasteiger partial charge >= 0.3 is 0 Å². The van der Waals surface area contributed by atoms with Crippen molar-refractivity contribution in [2.75, 3.05) is 35.5 Å². The molecule has 0 saturated carbocycles. The van der Waals surface area contributed by atoms with Crippen molar-refractivity contribution >= 4 is 18.4 Å². The van der Waals surface area contributed by atoms with Crippen molar-refractivity contribution in [2.45, 2.75) is 0 Å². The Morgan fingerprint density at radius 2 is 1.57 bits per heavy atom.